The smallest absolute Gasteiger partial charge is 0.410 e. The summed E-state index contributed by atoms with van der Waals surface area (Å²) < 4.78 is 11.1. The number of hydrogen-bond donors (Lipinski definition) is 0. The lowest BCUT2D eigenvalue weighted by Crippen LogP contribution is -2.52. The number of carbonyl (C=O) groups is 2. The molecule has 1 saturated heterocycles. The third-order valence-corrected chi connectivity index (χ3v) is 8.44. The minimum absolute atomic E-state index is 0.0431. The van der Waals surface area contributed by atoms with Gasteiger partial charge in [-0.15, -0.1) is 0 Å². The SMILES string of the molecule is CCOC(=O)N1CCN(c2cccc3c2C[C@H](CN(C)[C@H]2CCCc4cccnc42)N(C(=O)OC(C)(C)C)C3)CC1. The lowest BCUT2D eigenvalue weighted by molar-refractivity contribution is 0.00645. The molecular weight excluding hydrogens is 518 g/mol. The van der Waals surface area contributed by atoms with Crippen LogP contribution < -0.4 is 4.90 Å². The topological polar surface area (TPSA) is 78.5 Å². The van der Waals surface area contributed by atoms with Crippen molar-refractivity contribution >= 4 is 17.9 Å². The standard InChI is InChI=1S/C32H45N5O4/c1-6-40-30(38)36-18-16-35(17-19-36)27-13-8-11-24-21-37(31(39)41-32(2,3)4)25(20-26(24)27)22-34(5)28-14-7-10-23-12-9-15-33-29(23)28/h8-9,11-13,15,25,28H,6-7,10,14,16-22H2,1-5H3/t25-,28+/m1/s1. The molecule has 0 bridgehead atoms. The van der Waals surface area contributed by atoms with E-state index in [-0.39, 0.29) is 24.3 Å². The molecule has 2 atom stereocenters. The number of likely N-dealkylation sites (N-methyl/N-ethyl adjacent to an activating group) is 1. The van der Waals surface area contributed by atoms with Gasteiger partial charge in [0.05, 0.1) is 24.4 Å². The third kappa shape index (κ3) is 6.61. The predicted octanol–water partition coefficient (Wildman–Crippen LogP) is 5.03. The maximum absolute atomic E-state index is 13.5. The van der Waals surface area contributed by atoms with Crippen molar-refractivity contribution in [2.45, 2.75) is 77.6 Å². The molecule has 3 aliphatic rings. The van der Waals surface area contributed by atoms with Crippen LogP contribution in [0.5, 0.6) is 0 Å². The first-order chi connectivity index (χ1) is 19.6. The molecule has 9 nitrogen and oxygen atoms in total. The maximum atomic E-state index is 13.5. The number of pyridine rings is 1. The van der Waals surface area contributed by atoms with Gasteiger partial charge in [0.2, 0.25) is 0 Å². The molecule has 41 heavy (non-hydrogen) atoms. The highest BCUT2D eigenvalue weighted by atomic mass is 16.6. The van der Waals surface area contributed by atoms with Crippen molar-refractivity contribution in [1.29, 1.82) is 0 Å². The second-order valence-electron chi connectivity index (χ2n) is 12.4. The normalized spacial score (nSPS) is 20.9. The van der Waals surface area contributed by atoms with Crippen LogP contribution in [0, 0.1) is 0 Å². The number of fused-ring (bicyclic) bond motifs is 2. The quantitative estimate of drug-likeness (QED) is 0.505. The summed E-state index contributed by atoms with van der Waals surface area (Å²) in [6.07, 6.45) is 5.40. The van der Waals surface area contributed by atoms with E-state index in [2.05, 4.69) is 41.1 Å². The van der Waals surface area contributed by atoms with Gasteiger partial charge in [0.15, 0.2) is 0 Å². The summed E-state index contributed by atoms with van der Waals surface area (Å²) in [7, 11) is 2.16. The molecule has 222 valence electrons. The lowest BCUT2D eigenvalue weighted by Gasteiger charge is -2.43. The van der Waals surface area contributed by atoms with Crippen LogP contribution in [-0.2, 0) is 28.9 Å². The molecule has 0 saturated carbocycles. The van der Waals surface area contributed by atoms with Crippen LogP contribution in [0.25, 0.3) is 0 Å². The van der Waals surface area contributed by atoms with Gasteiger partial charge in [-0.05, 0) is 89.2 Å². The highest BCUT2D eigenvalue weighted by molar-refractivity contribution is 5.71. The second-order valence-corrected chi connectivity index (χ2v) is 12.4. The molecule has 3 heterocycles. The highest BCUT2D eigenvalue weighted by Gasteiger charge is 2.37. The number of hydrogen-bond acceptors (Lipinski definition) is 7. The molecule has 0 spiro atoms. The lowest BCUT2D eigenvalue weighted by atomic mass is 9.89. The predicted molar refractivity (Wildman–Crippen MR) is 159 cm³/mol. The van der Waals surface area contributed by atoms with E-state index >= 15 is 0 Å². The van der Waals surface area contributed by atoms with Crippen molar-refractivity contribution in [1.82, 2.24) is 19.7 Å². The Labute approximate surface area is 244 Å². The molecular formula is C32H45N5O4. The van der Waals surface area contributed by atoms with Crippen LogP contribution in [0.2, 0.25) is 0 Å². The number of anilines is 1. The average Bonchev–Trinajstić information content (AvgIpc) is 2.95. The Morgan fingerprint density at radius 3 is 2.54 bits per heavy atom. The van der Waals surface area contributed by atoms with Crippen LogP contribution in [-0.4, -0.2) is 89.9 Å². The molecule has 0 unspecified atom stereocenters. The van der Waals surface area contributed by atoms with Crippen molar-refractivity contribution < 1.29 is 19.1 Å². The average molecular weight is 564 g/mol. The number of carbonyl (C=O) groups excluding carboxylic acids is 2. The van der Waals surface area contributed by atoms with Crippen LogP contribution in [0.3, 0.4) is 0 Å². The van der Waals surface area contributed by atoms with Gasteiger partial charge in [0.1, 0.15) is 5.60 Å². The summed E-state index contributed by atoms with van der Waals surface area (Å²) in [4.78, 5) is 39.0. The third-order valence-electron chi connectivity index (χ3n) is 8.44. The van der Waals surface area contributed by atoms with Gasteiger partial charge < -0.3 is 19.3 Å². The first-order valence-corrected chi connectivity index (χ1v) is 15.1. The summed E-state index contributed by atoms with van der Waals surface area (Å²) in [5.41, 5.74) is 5.58. The molecule has 2 amide bonds. The summed E-state index contributed by atoms with van der Waals surface area (Å²) in [6, 6.07) is 10.8. The van der Waals surface area contributed by atoms with E-state index in [1.54, 1.807) is 4.90 Å². The summed E-state index contributed by atoms with van der Waals surface area (Å²) in [5.74, 6) is 0. The number of aryl methyl sites for hydroxylation is 1. The van der Waals surface area contributed by atoms with E-state index in [4.69, 9.17) is 14.5 Å². The number of aromatic nitrogens is 1. The monoisotopic (exact) mass is 563 g/mol. The largest absolute Gasteiger partial charge is 0.450 e. The van der Waals surface area contributed by atoms with Gasteiger partial charge in [-0.1, -0.05) is 18.2 Å². The van der Waals surface area contributed by atoms with Crippen molar-refractivity contribution in [3.05, 3.63) is 58.9 Å². The van der Waals surface area contributed by atoms with Crippen molar-refractivity contribution in [2.24, 2.45) is 0 Å². The van der Waals surface area contributed by atoms with Gasteiger partial charge in [-0.25, -0.2) is 9.59 Å². The molecule has 0 radical (unpaired) electrons. The van der Waals surface area contributed by atoms with E-state index in [0.717, 1.165) is 50.9 Å². The second kappa shape index (κ2) is 12.3. The summed E-state index contributed by atoms with van der Waals surface area (Å²) in [6.45, 7) is 12.0. The summed E-state index contributed by atoms with van der Waals surface area (Å²) >= 11 is 0. The Hall–Kier alpha value is -3.33. The first kappa shape index (κ1) is 29.2. The molecule has 0 N–H and O–H groups in total. The number of benzene rings is 1. The Bertz CT molecular complexity index is 1240. The maximum Gasteiger partial charge on any atom is 0.410 e. The number of piperazine rings is 1. The van der Waals surface area contributed by atoms with Crippen LogP contribution >= 0.6 is 0 Å². The Balaban J connectivity index is 1.39. The molecule has 1 aromatic carbocycles. The Morgan fingerprint density at radius 1 is 1.05 bits per heavy atom. The van der Waals surface area contributed by atoms with E-state index in [1.165, 1.54) is 22.5 Å². The van der Waals surface area contributed by atoms with Crippen LogP contribution in [0.4, 0.5) is 15.3 Å². The van der Waals surface area contributed by atoms with Gasteiger partial charge in [-0.2, -0.15) is 0 Å². The van der Waals surface area contributed by atoms with Crippen LogP contribution in [0.1, 0.15) is 69.0 Å². The van der Waals surface area contributed by atoms with Gasteiger partial charge in [-0.3, -0.25) is 14.8 Å². The fourth-order valence-corrected chi connectivity index (χ4v) is 6.48. The van der Waals surface area contributed by atoms with E-state index in [1.807, 2.05) is 44.9 Å². The number of ether oxygens (including phenoxy) is 2. The minimum Gasteiger partial charge on any atom is -0.450 e. The van der Waals surface area contributed by atoms with Gasteiger partial charge in [0.25, 0.3) is 0 Å². The minimum atomic E-state index is -0.569. The molecule has 2 aliphatic heterocycles. The van der Waals surface area contributed by atoms with Crippen LogP contribution in [0.15, 0.2) is 36.5 Å². The van der Waals surface area contributed by atoms with Crippen molar-refractivity contribution in [3.63, 3.8) is 0 Å². The molecule has 1 aliphatic carbocycles. The fraction of sp³-hybridized carbons (Fsp3) is 0.594. The van der Waals surface area contributed by atoms with E-state index in [9.17, 15) is 9.59 Å². The molecule has 1 fully saturated rings. The number of rotatable bonds is 5. The zero-order valence-electron chi connectivity index (χ0n) is 25.3. The zero-order valence-corrected chi connectivity index (χ0v) is 25.3. The number of amides is 2. The molecule has 9 heteroatoms. The zero-order chi connectivity index (χ0) is 29.1. The Morgan fingerprint density at radius 2 is 1.80 bits per heavy atom. The molecule has 2 aromatic rings. The molecule has 5 rings (SSSR count). The highest BCUT2D eigenvalue weighted by Crippen LogP contribution is 2.36. The van der Waals surface area contributed by atoms with Crippen molar-refractivity contribution in [2.75, 3.05) is 51.3 Å². The van der Waals surface area contributed by atoms with E-state index in [0.29, 0.717) is 26.2 Å². The fourth-order valence-electron chi connectivity index (χ4n) is 6.48. The first-order valence-electron chi connectivity index (χ1n) is 15.1. The molecule has 1 aromatic heterocycles. The van der Waals surface area contributed by atoms with Gasteiger partial charge in [0, 0.05) is 51.2 Å². The van der Waals surface area contributed by atoms with E-state index < -0.39 is 5.60 Å². The Kier molecular flexibility index (Phi) is 8.73. The van der Waals surface area contributed by atoms with Crippen molar-refractivity contribution in [3.8, 4) is 0 Å². The summed E-state index contributed by atoms with van der Waals surface area (Å²) in [5, 5.41) is 0. The number of nitrogens with zero attached hydrogens (tertiary/aromatic N) is 5. The van der Waals surface area contributed by atoms with Gasteiger partial charge >= 0.3 is 12.2 Å².